The third-order valence-electron chi connectivity index (χ3n) is 4.68. The van der Waals surface area contributed by atoms with E-state index in [-0.39, 0.29) is 29.8 Å². The fourth-order valence-electron chi connectivity index (χ4n) is 3.07. The van der Waals surface area contributed by atoms with Gasteiger partial charge in [0.15, 0.2) is 0 Å². The van der Waals surface area contributed by atoms with Gasteiger partial charge in [-0.15, -0.1) is 11.8 Å². The van der Waals surface area contributed by atoms with Gasteiger partial charge in [-0.1, -0.05) is 48.9 Å². The number of rotatable bonds is 11. The average molecular weight is 464 g/mol. The molecule has 1 atom stereocenters. The van der Waals surface area contributed by atoms with Gasteiger partial charge in [0.2, 0.25) is 11.8 Å². The number of non-ortho nitro benzene ring substituents is 1. The van der Waals surface area contributed by atoms with Gasteiger partial charge < -0.3 is 10.2 Å². The van der Waals surface area contributed by atoms with Crippen molar-refractivity contribution < 1.29 is 14.5 Å². The zero-order valence-corrected chi connectivity index (χ0v) is 19.1. The number of nitrogens with zero attached hydrogens (tertiary/aromatic N) is 2. The third-order valence-corrected chi connectivity index (χ3v) is 6.03. The summed E-state index contributed by atoms with van der Waals surface area (Å²) < 4.78 is 0. The van der Waals surface area contributed by atoms with Gasteiger partial charge in [0.25, 0.3) is 5.69 Å². The van der Waals surface area contributed by atoms with Gasteiger partial charge in [0.1, 0.15) is 6.04 Å². The summed E-state index contributed by atoms with van der Waals surface area (Å²) in [6.45, 7) is 4.44. The first-order valence-electron chi connectivity index (χ1n) is 9.99. The highest BCUT2D eigenvalue weighted by atomic mass is 35.5. The molecule has 0 unspecified atom stereocenters. The molecule has 0 aromatic heterocycles. The molecule has 0 aliphatic rings. The van der Waals surface area contributed by atoms with Crippen LogP contribution in [0.15, 0.2) is 48.5 Å². The molecule has 0 aliphatic heterocycles. The highest BCUT2D eigenvalue weighted by molar-refractivity contribution is 7.99. The van der Waals surface area contributed by atoms with Crippen molar-refractivity contribution in [2.45, 2.75) is 38.6 Å². The standard InChI is InChI=1S/C22H26ClN3O4S/c1-3-20(22(28)24-4-2)25(13-17-7-5-6-8-19(17)23)21(27)15-31-14-16-9-11-18(12-10-16)26(29)30/h5-12,20H,3-4,13-15H2,1-2H3,(H,24,28)/t20-/m1/s1. The van der Waals surface area contributed by atoms with E-state index in [0.717, 1.165) is 11.1 Å². The van der Waals surface area contributed by atoms with Crippen LogP contribution in [0, 0.1) is 10.1 Å². The molecule has 2 amide bonds. The van der Waals surface area contributed by atoms with Crippen LogP contribution in [-0.2, 0) is 21.9 Å². The van der Waals surface area contributed by atoms with E-state index >= 15 is 0 Å². The zero-order valence-electron chi connectivity index (χ0n) is 17.5. The molecule has 7 nitrogen and oxygen atoms in total. The van der Waals surface area contributed by atoms with Crippen molar-refractivity contribution in [2.24, 2.45) is 0 Å². The Morgan fingerprint density at radius 2 is 1.84 bits per heavy atom. The number of nitro groups is 1. The maximum Gasteiger partial charge on any atom is 0.269 e. The van der Waals surface area contributed by atoms with E-state index in [1.54, 1.807) is 23.1 Å². The minimum absolute atomic E-state index is 0.0310. The minimum atomic E-state index is -0.594. The predicted octanol–water partition coefficient (Wildman–Crippen LogP) is 4.42. The van der Waals surface area contributed by atoms with Crippen molar-refractivity contribution >= 4 is 40.9 Å². The summed E-state index contributed by atoms with van der Waals surface area (Å²) in [7, 11) is 0. The molecular weight excluding hydrogens is 438 g/mol. The highest BCUT2D eigenvalue weighted by Crippen LogP contribution is 2.22. The molecule has 1 N–H and O–H groups in total. The van der Waals surface area contributed by atoms with Crippen LogP contribution < -0.4 is 5.32 Å². The number of benzene rings is 2. The Bertz CT molecular complexity index is 908. The van der Waals surface area contributed by atoms with Gasteiger partial charge >= 0.3 is 0 Å². The lowest BCUT2D eigenvalue weighted by atomic mass is 10.1. The molecule has 2 aromatic rings. The first kappa shape index (κ1) is 24.7. The van der Waals surface area contributed by atoms with E-state index in [9.17, 15) is 19.7 Å². The Morgan fingerprint density at radius 3 is 2.42 bits per heavy atom. The predicted molar refractivity (Wildman–Crippen MR) is 124 cm³/mol. The molecule has 0 fully saturated rings. The normalized spacial score (nSPS) is 11.6. The van der Waals surface area contributed by atoms with Gasteiger partial charge in [0, 0.05) is 36.0 Å². The average Bonchev–Trinajstić information content (AvgIpc) is 2.75. The molecule has 0 aliphatic carbocycles. The van der Waals surface area contributed by atoms with E-state index in [1.807, 2.05) is 32.0 Å². The molecule has 0 saturated heterocycles. The number of thioether (sulfide) groups is 1. The van der Waals surface area contributed by atoms with Crippen molar-refractivity contribution in [1.82, 2.24) is 10.2 Å². The molecule has 0 heterocycles. The number of likely N-dealkylation sites (N-methyl/N-ethyl adjacent to an activating group) is 1. The number of carbonyl (C=O) groups is 2. The topological polar surface area (TPSA) is 92.6 Å². The molecule has 0 radical (unpaired) electrons. The Labute approximate surface area is 191 Å². The number of hydrogen-bond acceptors (Lipinski definition) is 5. The molecule has 0 bridgehead atoms. The summed E-state index contributed by atoms with van der Waals surface area (Å²) in [4.78, 5) is 37.6. The van der Waals surface area contributed by atoms with Gasteiger partial charge in [-0.05, 0) is 30.5 Å². The van der Waals surface area contributed by atoms with E-state index in [0.29, 0.717) is 23.7 Å². The first-order chi connectivity index (χ1) is 14.9. The molecular formula is C22H26ClN3O4S. The van der Waals surface area contributed by atoms with Gasteiger partial charge in [-0.3, -0.25) is 19.7 Å². The maximum atomic E-state index is 13.1. The second-order valence-corrected chi connectivity index (χ2v) is 8.24. The lowest BCUT2D eigenvalue weighted by Gasteiger charge is -2.30. The van der Waals surface area contributed by atoms with Crippen LogP contribution in [0.2, 0.25) is 5.02 Å². The van der Waals surface area contributed by atoms with Crippen molar-refractivity contribution in [1.29, 1.82) is 0 Å². The van der Waals surface area contributed by atoms with E-state index in [4.69, 9.17) is 11.6 Å². The molecule has 0 saturated carbocycles. The van der Waals surface area contributed by atoms with Gasteiger partial charge in [-0.25, -0.2) is 0 Å². The molecule has 166 valence electrons. The van der Waals surface area contributed by atoms with Gasteiger partial charge in [-0.2, -0.15) is 0 Å². The van der Waals surface area contributed by atoms with Crippen molar-refractivity contribution in [3.63, 3.8) is 0 Å². The van der Waals surface area contributed by atoms with Crippen molar-refractivity contribution in [2.75, 3.05) is 12.3 Å². The van der Waals surface area contributed by atoms with Crippen molar-refractivity contribution in [3.05, 3.63) is 74.8 Å². The summed E-state index contributed by atoms with van der Waals surface area (Å²) in [5.74, 6) is 0.356. The van der Waals surface area contributed by atoms with Crippen LogP contribution in [0.5, 0.6) is 0 Å². The van der Waals surface area contributed by atoms with Crippen molar-refractivity contribution in [3.8, 4) is 0 Å². The molecule has 0 spiro atoms. The summed E-state index contributed by atoms with van der Waals surface area (Å²) >= 11 is 7.69. The second-order valence-electron chi connectivity index (χ2n) is 6.85. The fourth-order valence-corrected chi connectivity index (χ4v) is 4.14. The summed E-state index contributed by atoms with van der Waals surface area (Å²) in [6.07, 6.45) is 0.481. The van der Waals surface area contributed by atoms with Crippen LogP contribution in [0.3, 0.4) is 0 Å². The number of hydrogen-bond donors (Lipinski definition) is 1. The molecule has 2 aromatic carbocycles. The Hall–Kier alpha value is -2.58. The van der Waals surface area contributed by atoms with Crippen LogP contribution in [0.1, 0.15) is 31.4 Å². The molecule has 2 rings (SSSR count). The largest absolute Gasteiger partial charge is 0.355 e. The number of amides is 2. The SMILES string of the molecule is CCNC(=O)[C@@H](CC)N(Cc1ccccc1Cl)C(=O)CSCc1ccc([N+](=O)[O-])cc1. The van der Waals surface area contributed by atoms with E-state index in [1.165, 1.54) is 23.9 Å². The summed E-state index contributed by atoms with van der Waals surface area (Å²) in [6, 6.07) is 12.9. The molecule has 9 heteroatoms. The quantitative estimate of drug-likeness (QED) is 0.393. The fraction of sp³-hybridized carbons (Fsp3) is 0.364. The highest BCUT2D eigenvalue weighted by Gasteiger charge is 2.28. The smallest absolute Gasteiger partial charge is 0.269 e. The van der Waals surface area contributed by atoms with E-state index in [2.05, 4.69) is 5.32 Å². The number of carbonyl (C=O) groups excluding carboxylic acids is 2. The first-order valence-corrected chi connectivity index (χ1v) is 11.5. The van der Waals surface area contributed by atoms with Crippen LogP contribution in [0.25, 0.3) is 0 Å². The molecule has 31 heavy (non-hydrogen) atoms. The number of nitro benzene ring substituents is 1. The number of nitrogens with one attached hydrogen (secondary N) is 1. The summed E-state index contributed by atoms with van der Waals surface area (Å²) in [5, 5.41) is 14.1. The monoisotopic (exact) mass is 463 g/mol. The zero-order chi connectivity index (χ0) is 22.8. The minimum Gasteiger partial charge on any atom is -0.355 e. The second kappa shape index (κ2) is 12.3. The summed E-state index contributed by atoms with van der Waals surface area (Å²) in [5.41, 5.74) is 1.70. The van der Waals surface area contributed by atoms with Crippen LogP contribution in [0.4, 0.5) is 5.69 Å². The lowest BCUT2D eigenvalue weighted by molar-refractivity contribution is -0.384. The Kier molecular flexibility index (Phi) is 9.81. The Balaban J connectivity index is 2.10. The third kappa shape index (κ3) is 7.25. The van der Waals surface area contributed by atoms with Gasteiger partial charge in [0.05, 0.1) is 10.7 Å². The number of halogens is 1. The van der Waals surface area contributed by atoms with Crippen LogP contribution >= 0.6 is 23.4 Å². The van der Waals surface area contributed by atoms with Crippen LogP contribution in [-0.4, -0.2) is 40.0 Å². The van der Waals surface area contributed by atoms with E-state index < -0.39 is 11.0 Å². The maximum absolute atomic E-state index is 13.1. The Morgan fingerprint density at radius 1 is 1.16 bits per heavy atom. The lowest BCUT2D eigenvalue weighted by Crippen LogP contribution is -2.49.